The van der Waals surface area contributed by atoms with Crippen molar-refractivity contribution in [2.24, 2.45) is 5.92 Å². The van der Waals surface area contributed by atoms with Gasteiger partial charge in [0.05, 0.1) is 18.3 Å². The van der Waals surface area contributed by atoms with E-state index in [1.807, 2.05) is 53.2 Å². The van der Waals surface area contributed by atoms with Gasteiger partial charge in [-0.3, -0.25) is 4.79 Å². The molecule has 3 rings (SSSR count). The maximum atomic E-state index is 12.5. The molecule has 6 heteroatoms. The average Bonchev–Trinajstić information content (AvgIpc) is 3.05. The Kier molecular flexibility index (Phi) is 6.82. The Morgan fingerprint density at radius 2 is 2.12 bits per heavy atom. The van der Waals surface area contributed by atoms with Crippen molar-refractivity contribution in [1.29, 1.82) is 0 Å². The Balaban J connectivity index is 0.00000208. The molecule has 2 heterocycles. The number of para-hydroxylation sites is 1. The Morgan fingerprint density at radius 3 is 2.88 bits per heavy atom. The molecule has 1 atom stereocenters. The second-order valence-electron chi connectivity index (χ2n) is 6.21. The van der Waals surface area contributed by atoms with E-state index in [9.17, 15) is 4.79 Å². The third-order valence-electron chi connectivity index (χ3n) is 4.38. The van der Waals surface area contributed by atoms with Crippen molar-refractivity contribution in [3.63, 3.8) is 0 Å². The number of nitrogens with zero attached hydrogens (tertiary/aromatic N) is 3. The molecule has 1 aliphatic heterocycles. The van der Waals surface area contributed by atoms with Gasteiger partial charge in [0.25, 0.3) is 0 Å². The zero-order valence-corrected chi connectivity index (χ0v) is 14.8. The van der Waals surface area contributed by atoms with Gasteiger partial charge in [-0.1, -0.05) is 18.2 Å². The van der Waals surface area contributed by atoms with Gasteiger partial charge in [0.15, 0.2) is 0 Å². The molecule has 2 aromatic rings. The quantitative estimate of drug-likeness (QED) is 0.902. The van der Waals surface area contributed by atoms with E-state index in [1.54, 1.807) is 6.20 Å². The fourth-order valence-corrected chi connectivity index (χ4v) is 3.21. The Morgan fingerprint density at radius 1 is 1.33 bits per heavy atom. The maximum absolute atomic E-state index is 12.5. The number of hydrogen-bond donors (Lipinski definition) is 1. The number of likely N-dealkylation sites (tertiary alicyclic amines) is 1. The van der Waals surface area contributed by atoms with Crippen LogP contribution >= 0.6 is 12.4 Å². The first kappa shape index (κ1) is 18.5. The highest BCUT2D eigenvalue weighted by atomic mass is 35.5. The van der Waals surface area contributed by atoms with Crippen LogP contribution < -0.4 is 5.32 Å². The minimum absolute atomic E-state index is 0. The third kappa shape index (κ3) is 4.58. The standard InChI is InChI=1S/C18H24N4O.ClH/c1-19-11-15-6-5-9-21(13-15)18(23)10-16-12-20-22(14-16)17-7-3-2-4-8-17;/h2-4,7-8,12,14-15,19H,5-6,9-11,13H2,1H3;1H. The van der Waals surface area contributed by atoms with E-state index in [1.165, 1.54) is 6.42 Å². The number of nitrogens with one attached hydrogen (secondary N) is 1. The lowest BCUT2D eigenvalue weighted by Gasteiger charge is -2.32. The van der Waals surface area contributed by atoms with E-state index in [4.69, 9.17) is 0 Å². The molecule has 0 aliphatic carbocycles. The van der Waals surface area contributed by atoms with Gasteiger partial charge in [0.1, 0.15) is 0 Å². The molecule has 1 N–H and O–H groups in total. The Hall–Kier alpha value is -1.85. The van der Waals surface area contributed by atoms with Crippen LogP contribution in [0.15, 0.2) is 42.7 Å². The van der Waals surface area contributed by atoms with Gasteiger partial charge in [0, 0.05) is 19.3 Å². The SMILES string of the molecule is CNCC1CCCN(C(=O)Cc2cnn(-c3ccccc3)c2)C1.Cl. The molecule has 0 spiro atoms. The van der Waals surface area contributed by atoms with E-state index in [0.717, 1.165) is 37.3 Å². The van der Waals surface area contributed by atoms with Crippen molar-refractivity contribution in [2.75, 3.05) is 26.7 Å². The van der Waals surface area contributed by atoms with Crippen LogP contribution in [-0.4, -0.2) is 47.3 Å². The van der Waals surface area contributed by atoms with Crippen LogP contribution in [0.3, 0.4) is 0 Å². The van der Waals surface area contributed by atoms with Crippen LogP contribution in [0.5, 0.6) is 0 Å². The normalized spacial score (nSPS) is 17.4. The lowest BCUT2D eigenvalue weighted by atomic mass is 9.97. The number of halogens is 1. The van der Waals surface area contributed by atoms with Crippen molar-refractivity contribution in [1.82, 2.24) is 20.0 Å². The number of hydrogen-bond acceptors (Lipinski definition) is 3. The van der Waals surface area contributed by atoms with E-state index in [0.29, 0.717) is 12.3 Å². The van der Waals surface area contributed by atoms with Crippen LogP contribution in [0, 0.1) is 5.92 Å². The highest BCUT2D eigenvalue weighted by molar-refractivity contribution is 5.85. The minimum Gasteiger partial charge on any atom is -0.342 e. The fraction of sp³-hybridized carbons (Fsp3) is 0.444. The lowest BCUT2D eigenvalue weighted by molar-refractivity contribution is -0.132. The summed E-state index contributed by atoms with van der Waals surface area (Å²) in [6.45, 7) is 2.73. The summed E-state index contributed by atoms with van der Waals surface area (Å²) in [5.41, 5.74) is 1.98. The number of carbonyl (C=O) groups excluding carboxylic acids is 1. The summed E-state index contributed by atoms with van der Waals surface area (Å²) in [5.74, 6) is 0.781. The molecule has 1 aromatic carbocycles. The zero-order chi connectivity index (χ0) is 16.1. The molecule has 1 aromatic heterocycles. The Labute approximate surface area is 149 Å². The van der Waals surface area contributed by atoms with E-state index < -0.39 is 0 Å². The second-order valence-corrected chi connectivity index (χ2v) is 6.21. The van der Waals surface area contributed by atoms with Gasteiger partial charge < -0.3 is 10.2 Å². The number of aromatic nitrogens is 2. The lowest BCUT2D eigenvalue weighted by Crippen LogP contribution is -2.43. The monoisotopic (exact) mass is 348 g/mol. The van der Waals surface area contributed by atoms with Crippen molar-refractivity contribution in [3.05, 3.63) is 48.3 Å². The summed E-state index contributed by atoms with van der Waals surface area (Å²) in [7, 11) is 1.97. The summed E-state index contributed by atoms with van der Waals surface area (Å²) >= 11 is 0. The minimum atomic E-state index is 0. The zero-order valence-electron chi connectivity index (χ0n) is 14.0. The van der Waals surface area contributed by atoms with E-state index >= 15 is 0 Å². The molecule has 130 valence electrons. The molecular formula is C18H25ClN4O. The predicted octanol–water partition coefficient (Wildman–Crippen LogP) is 2.29. The van der Waals surface area contributed by atoms with Crippen molar-refractivity contribution >= 4 is 18.3 Å². The van der Waals surface area contributed by atoms with Crippen molar-refractivity contribution in [2.45, 2.75) is 19.3 Å². The largest absolute Gasteiger partial charge is 0.342 e. The van der Waals surface area contributed by atoms with Gasteiger partial charge in [-0.25, -0.2) is 4.68 Å². The first-order chi connectivity index (χ1) is 11.3. The molecule has 1 aliphatic rings. The molecule has 0 bridgehead atoms. The van der Waals surface area contributed by atoms with Crippen LogP contribution in [0.2, 0.25) is 0 Å². The van der Waals surface area contributed by atoms with Crippen molar-refractivity contribution in [3.8, 4) is 5.69 Å². The number of rotatable bonds is 5. The smallest absolute Gasteiger partial charge is 0.227 e. The van der Waals surface area contributed by atoms with Crippen LogP contribution in [-0.2, 0) is 11.2 Å². The van der Waals surface area contributed by atoms with Gasteiger partial charge in [-0.2, -0.15) is 5.10 Å². The summed E-state index contributed by atoms with van der Waals surface area (Å²) in [6.07, 6.45) is 6.47. The predicted molar refractivity (Wildman–Crippen MR) is 97.7 cm³/mol. The highest BCUT2D eigenvalue weighted by Crippen LogP contribution is 2.17. The Bertz CT molecular complexity index is 641. The number of piperidine rings is 1. The molecule has 1 fully saturated rings. The topological polar surface area (TPSA) is 50.2 Å². The molecule has 0 radical (unpaired) electrons. The molecule has 1 saturated heterocycles. The molecule has 5 nitrogen and oxygen atoms in total. The molecule has 24 heavy (non-hydrogen) atoms. The third-order valence-corrected chi connectivity index (χ3v) is 4.38. The first-order valence-corrected chi connectivity index (χ1v) is 8.27. The summed E-state index contributed by atoms with van der Waals surface area (Å²) in [6, 6.07) is 9.96. The molecule has 1 amide bonds. The first-order valence-electron chi connectivity index (χ1n) is 8.27. The maximum Gasteiger partial charge on any atom is 0.227 e. The average molecular weight is 349 g/mol. The molecular weight excluding hydrogens is 324 g/mol. The van der Waals surface area contributed by atoms with Crippen LogP contribution in [0.25, 0.3) is 5.69 Å². The van der Waals surface area contributed by atoms with Gasteiger partial charge in [-0.05, 0) is 50.0 Å². The summed E-state index contributed by atoms with van der Waals surface area (Å²) in [4.78, 5) is 14.5. The summed E-state index contributed by atoms with van der Waals surface area (Å²) < 4.78 is 1.82. The number of carbonyl (C=O) groups is 1. The highest BCUT2D eigenvalue weighted by Gasteiger charge is 2.23. The molecule has 0 saturated carbocycles. The fourth-order valence-electron chi connectivity index (χ4n) is 3.21. The van der Waals surface area contributed by atoms with Crippen LogP contribution in [0.4, 0.5) is 0 Å². The number of benzene rings is 1. The number of amides is 1. The van der Waals surface area contributed by atoms with Crippen molar-refractivity contribution < 1.29 is 4.79 Å². The van der Waals surface area contributed by atoms with Gasteiger partial charge in [0.2, 0.25) is 5.91 Å². The summed E-state index contributed by atoms with van der Waals surface area (Å²) in [5, 5.41) is 7.58. The van der Waals surface area contributed by atoms with Gasteiger partial charge >= 0.3 is 0 Å². The molecule has 1 unspecified atom stereocenters. The van der Waals surface area contributed by atoms with E-state index in [2.05, 4.69) is 10.4 Å². The van der Waals surface area contributed by atoms with E-state index in [-0.39, 0.29) is 18.3 Å². The van der Waals surface area contributed by atoms with Crippen LogP contribution in [0.1, 0.15) is 18.4 Å². The second kappa shape index (κ2) is 8.85. The van der Waals surface area contributed by atoms with Gasteiger partial charge in [-0.15, -0.1) is 12.4 Å².